The number of rotatable bonds is 2. The number of amides is 2. The summed E-state index contributed by atoms with van der Waals surface area (Å²) in [5.74, 6) is -1.02. The van der Waals surface area contributed by atoms with Gasteiger partial charge in [0, 0.05) is 36.3 Å². The second-order valence-corrected chi connectivity index (χ2v) is 7.00. The van der Waals surface area contributed by atoms with Crippen molar-refractivity contribution in [3.8, 4) is 0 Å². The molecule has 0 spiro atoms. The standard InChI is InChI=1S/C19H21FN4O2/c1-11-15-16(23-22-11)14(17(25)21-4)9-24(10-19(15,2)3)18(26)12-5-7-13(20)8-6-12/h5-9H,10H2,1-4H3,(H,21,25)(H,22,23). The van der Waals surface area contributed by atoms with Gasteiger partial charge >= 0.3 is 0 Å². The number of carbonyl (C=O) groups excluding carboxylic acids is 2. The largest absolute Gasteiger partial charge is 0.355 e. The number of hydrogen-bond acceptors (Lipinski definition) is 3. The Morgan fingerprint density at radius 2 is 1.92 bits per heavy atom. The van der Waals surface area contributed by atoms with Crippen LogP contribution < -0.4 is 5.32 Å². The number of likely N-dealkylation sites (N-methyl/N-ethyl adjacent to an activating group) is 1. The number of hydrogen-bond donors (Lipinski definition) is 2. The van der Waals surface area contributed by atoms with Gasteiger partial charge in [0.05, 0.1) is 17.0 Å². The van der Waals surface area contributed by atoms with Crippen molar-refractivity contribution < 1.29 is 14.0 Å². The summed E-state index contributed by atoms with van der Waals surface area (Å²) < 4.78 is 13.2. The first-order valence-electron chi connectivity index (χ1n) is 8.31. The monoisotopic (exact) mass is 356 g/mol. The number of aryl methyl sites for hydroxylation is 1. The molecule has 0 atom stereocenters. The van der Waals surface area contributed by atoms with Crippen molar-refractivity contribution in [1.82, 2.24) is 20.4 Å². The summed E-state index contributed by atoms with van der Waals surface area (Å²) in [5.41, 5.74) is 2.56. The van der Waals surface area contributed by atoms with Crippen molar-refractivity contribution in [3.05, 3.63) is 58.8 Å². The van der Waals surface area contributed by atoms with Gasteiger partial charge in [0.25, 0.3) is 11.8 Å². The summed E-state index contributed by atoms with van der Waals surface area (Å²) in [7, 11) is 1.54. The lowest BCUT2D eigenvalue weighted by molar-refractivity contribution is -0.115. The first-order valence-corrected chi connectivity index (χ1v) is 8.31. The summed E-state index contributed by atoms with van der Waals surface area (Å²) in [6.07, 6.45) is 1.54. The molecule has 1 aromatic heterocycles. The Kier molecular flexibility index (Phi) is 4.39. The zero-order valence-corrected chi connectivity index (χ0v) is 15.2. The van der Waals surface area contributed by atoms with Crippen LogP contribution in [-0.4, -0.2) is 40.5 Å². The smallest absolute Gasteiger partial charge is 0.257 e. The Morgan fingerprint density at radius 1 is 1.27 bits per heavy atom. The van der Waals surface area contributed by atoms with Crippen LogP contribution in [0, 0.1) is 12.7 Å². The molecule has 136 valence electrons. The van der Waals surface area contributed by atoms with Crippen LogP contribution in [0.5, 0.6) is 0 Å². The van der Waals surface area contributed by atoms with Crippen LogP contribution in [0.3, 0.4) is 0 Å². The van der Waals surface area contributed by atoms with Gasteiger partial charge in [-0.2, -0.15) is 5.10 Å². The average molecular weight is 356 g/mol. The molecule has 2 aromatic rings. The number of aromatic nitrogens is 2. The van der Waals surface area contributed by atoms with Crippen LogP contribution in [0.4, 0.5) is 4.39 Å². The molecule has 2 heterocycles. The van der Waals surface area contributed by atoms with Crippen molar-refractivity contribution in [1.29, 1.82) is 0 Å². The number of aromatic amines is 1. The maximum atomic E-state index is 13.2. The Hall–Kier alpha value is -2.96. The predicted octanol–water partition coefficient (Wildman–Crippen LogP) is 2.38. The van der Waals surface area contributed by atoms with E-state index in [1.807, 2.05) is 20.8 Å². The molecule has 3 rings (SSSR count). The lowest BCUT2D eigenvalue weighted by atomic mass is 9.82. The minimum Gasteiger partial charge on any atom is -0.355 e. The number of nitrogens with zero attached hydrogens (tertiary/aromatic N) is 2. The third kappa shape index (κ3) is 3.00. The van der Waals surface area contributed by atoms with E-state index in [9.17, 15) is 14.0 Å². The quantitative estimate of drug-likeness (QED) is 0.867. The van der Waals surface area contributed by atoms with Crippen LogP contribution in [0.1, 0.15) is 41.2 Å². The zero-order chi connectivity index (χ0) is 19.1. The van der Waals surface area contributed by atoms with Crippen LogP contribution in [-0.2, 0) is 10.2 Å². The Morgan fingerprint density at radius 3 is 2.54 bits per heavy atom. The molecule has 0 saturated heterocycles. The van der Waals surface area contributed by atoms with Gasteiger partial charge in [0.15, 0.2) is 0 Å². The van der Waals surface area contributed by atoms with Gasteiger partial charge in [-0.15, -0.1) is 0 Å². The van der Waals surface area contributed by atoms with Crippen LogP contribution in [0.25, 0.3) is 5.57 Å². The first-order chi connectivity index (χ1) is 12.2. The number of H-pyrrole nitrogens is 1. The second-order valence-electron chi connectivity index (χ2n) is 7.00. The van der Waals surface area contributed by atoms with E-state index in [1.54, 1.807) is 0 Å². The number of fused-ring (bicyclic) bond motifs is 1. The van der Waals surface area contributed by atoms with Gasteiger partial charge in [-0.1, -0.05) is 13.8 Å². The van der Waals surface area contributed by atoms with Gasteiger partial charge in [0.2, 0.25) is 0 Å². The van der Waals surface area contributed by atoms with E-state index in [4.69, 9.17) is 0 Å². The topological polar surface area (TPSA) is 78.1 Å². The number of carbonyl (C=O) groups is 2. The molecule has 26 heavy (non-hydrogen) atoms. The molecule has 0 radical (unpaired) electrons. The fraction of sp³-hybridized carbons (Fsp3) is 0.316. The number of benzene rings is 1. The van der Waals surface area contributed by atoms with Crippen molar-refractivity contribution in [2.75, 3.05) is 13.6 Å². The minimum atomic E-state index is -0.436. The molecule has 0 saturated carbocycles. The highest BCUT2D eigenvalue weighted by atomic mass is 19.1. The fourth-order valence-corrected chi connectivity index (χ4v) is 3.42. The third-order valence-electron chi connectivity index (χ3n) is 4.57. The summed E-state index contributed by atoms with van der Waals surface area (Å²) in [6, 6.07) is 5.37. The highest BCUT2D eigenvalue weighted by Gasteiger charge is 2.37. The van der Waals surface area contributed by atoms with E-state index >= 15 is 0 Å². The fourth-order valence-electron chi connectivity index (χ4n) is 3.42. The zero-order valence-electron chi connectivity index (χ0n) is 15.2. The molecule has 2 N–H and O–H groups in total. The molecule has 0 bridgehead atoms. The molecule has 6 nitrogen and oxygen atoms in total. The van der Waals surface area contributed by atoms with Gasteiger partial charge in [-0.25, -0.2) is 4.39 Å². The van der Waals surface area contributed by atoms with Crippen molar-refractivity contribution in [2.45, 2.75) is 26.2 Å². The maximum Gasteiger partial charge on any atom is 0.257 e. The molecule has 2 amide bonds. The van der Waals surface area contributed by atoms with Gasteiger partial charge in [0.1, 0.15) is 5.82 Å². The van der Waals surface area contributed by atoms with E-state index < -0.39 is 11.2 Å². The third-order valence-corrected chi connectivity index (χ3v) is 4.57. The summed E-state index contributed by atoms with van der Waals surface area (Å²) in [5, 5.41) is 9.78. The molecule has 0 unspecified atom stereocenters. The lowest BCUT2D eigenvalue weighted by Gasteiger charge is -2.29. The molecular weight excluding hydrogens is 335 g/mol. The van der Waals surface area contributed by atoms with E-state index in [0.717, 1.165) is 11.3 Å². The molecule has 1 aromatic carbocycles. The summed E-state index contributed by atoms with van der Waals surface area (Å²) in [6.45, 7) is 6.23. The molecule has 0 aliphatic carbocycles. The summed E-state index contributed by atoms with van der Waals surface area (Å²) in [4.78, 5) is 26.9. The normalized spacial score (nSPS) is 15.7. The lowest BCUT2D eigenvalue weighted by Crippen LogP contribution is -2.37. The summed E-state index contributed by atoms with van der Waals surface area (Å²) >= 11 is 0. The Labute approximate surface area is 151 Å². The molecule has 0 fully saturated rings. The highest BCUT2D eigenvalue weighted by molar-refractivity contribution is 6.20. The minimum absolute atomic E-state index is 0.296. The SMILES string of the molecule is CNC(=O)C1=CN(C(=O)c2ccc(F)cc2)CC(C)(C)c2c(C)n[nH]c21. The molecular formula is C19H21FN4O2. The molecule has 1 aliphatic heterocycles. The van der Waals surface area contributed by atoms with Crippen LogP contribution in [0.2, 0.25) is 0 Å². The van der Waals surface area contributed by atoms with Crippen LogP contribution in [0.15, 0.2) is 30.5 Å². The Bertz CT molecular complexity index is 897. The Balaban J connectivity index is 2.11. The van der Waals surface area contributed by atoms with E-state index in [0.29, 0.717) is 23.4 Å². The van der Waals surface area contributed by atoms with Crippen molar-refractivity contribution in [3.63, 3.8) is 0 Å². The van der Waals surface area contributed by atoms with Crippen LogP contribution >= 0.6 is 0 Å². The van der Waals surface area contributed by atoms with E-state index in [1.165, 1.54) is 42.4 Å². The maximum absolute atomic E-state index is 13.2. The predicted molar refractivity (Wildman–Crippen MR) is 95.8 cm³/mol. The second kappa shape index (κ2) is 6.40. The highest BCUT2D eigenvalue weighted by Crippen LogP contribution is 2.36. The molecule has 7 heteroatoms. The number of halogens is 1. The van der Waals surface area contributed by atoms with E-state index in [2.05, 4.69) is 15.5 Å². The van der Waals surface area contributed by atoms with Crippen molar-refractivity contribution >= 4 is 17.4 Å². The first kappa shape index (κ1) is 17.8. The number of nitrogens with one attached hydrogen (secondary N) is 2. The van der Waals surface area contributed by atoms with E-state index in [-0.39, 0.29) is 11.8 Å². The van der Waals surface area contributed by atoms with Gasteiger partial charge in [-0.05, 0) is 31.2 Å². The molecule has 1 aliphatic rings. The average Bonchev–Trinajstić information content (AvgIpc) is 2.94. The van der Waals surface area contributed by atoms with Gasteiger partial charge in [-0.3, -0.25) is 14.7 Å². The van der Waals surface area contributed by atoms with Crippen molar-refractivity contribution in [2.24, 2.45) is 0 Å². The van der Waals surface area contributed by atoms with Gasteiger partial charge < -0.3 is 10.2 Å².